The first kappa shape index (κ1) is 31.1. The Balaban J connectivity index is 1.19. The number of nitrogens with zero attached hydrogens (tertiary/aromatic N) is 2. The molecule has 2 aromatic carbocycles. The molecule has 3 aliphatic heterocycles. The Morgan fingerprint density at radius 1 is 1.02 bits per heavy atom. The first-order chi connectivity index (χ1) is 19.9. The second kappa shape index (κ2) is 12.3. The standard InChI is InChI=1S/C26H29BrN2O11P2/c1-37-21-8-2-16(3-9-21)15-41(33,34)40-42(35,36)38-14-22-23(30)24(31)25(39-22)28-11-10-20-12-18(13-29(20)26(28)32)17-4-6-19(27)7-5-17/h2-11,13,20,22-25,30-31H,12,14-15H2,1H3,(H,33,34)(H,35,36)/t20?,22-,23-,24-,25-/m1/s1. The Hall–Kier alpha value is -2.35. The van der Waals surface area contributed by atoms with E-state index in [-0.39, 0.29) is 6.04 Å². The molecule has 0 aromatic heterocycles. The number of benzene rings is 2. The highest BCUT2D eigenvalue weighted by atomic mass is 79.9. The minimum absolute atomic E-state index is 0.237. The van der Waals surface area contributed by atoms with Crippen molar-refractivity contribution in [2.24, 2.45) is 0 Å². The Morgan fingerprint density at radius 3 is 2.38 bits per heavy atom. The number of carbonyl (C=O) groups is 1. The topological polar surface area (TPSA) is 176 Å². The van der Waals surface area contributed by atoms with Gasteiger partial charge in [-0.05, 0) is 53.5 Å². The fraction of sp³-hybridized carbons (Fsp3) is 0.346. The number of halogens is 1. The molecule has 0 spiro atoms. The molecule has 42 heavy (non-hydrogen) atoms. The highest BCUT2D eigenvalue weighted by Gasteiger charge is 2.49. The Kier molecular flexibility index (Phi) is 9.13. The normalized spacial score (nSPS) is 28.3. The van der Waals surface area contributed by atoms with Crippen LogP contribution in [-0.4, -0.2) is 80.1 Å². The molecule has 3 unspecified atom stereocenters. The molecule has 3 heterocycles. The number of rotatable bonds is 10. The van der Waals surface area contributed by atoms with E-state index in [2.05, 4.69) is 20.2 Å². The van der Waals surface area contributed by atoms with Crippen LogP contribution in [0.3, 0.4) is 0 Å². The summed E-state index contributed by atoms with van der Waals surface area (Å²) in [5.41, 5.74) is 2.25. The van der Waals surface area contributed by atoms with Crippen molar-refractivity contribution in [1.29, 1.82) is 0 Å². The zero-order chi connectivity index (χ0) is 30.2. The van der Waals surface area contributed by atoms with E-state index in [0.29, 0.717) is 17.7 Å². The third-order valence-electron chi connectivity index (χ3n) is 6.99. The number of fused-ring (bicyclic) bond motifs is 1. The highest BCUT2D eigenvalue weighted by molar-refractivity contribution is 9.10. The number of urea groups is 1. The van der Waals surface area contributed by atoms with E-state index in [0.717, 1.165) is 20.5 Å². The molecule has 13 nitrogen and oxygen atoms in total. The van der Waals surface area contributed by atoms with Crippen molar-refractivity contribution in [3.05, 3.63) is 82.6 Å². The van der Waals surface area contributed by atoms with Gasteiger partial charge >= 0.3 is 21.4 Å². The summed E-state index contributed by atoms with van der Waals surface area (Å²) in [6.45, 7) is -0.781. The van der Waals surface area contributed by atoms with Gasteiger partial charge in [0.25, 0.3) is 0 Å². The fourth-order valence-electron chi connectivity index (χ4n) is 4.88. The molecule has 0 bridgehead atoms. The average Bonchev–Trinajstić information content (AvgIpc) is 3.50. The smallest absolute Gasteiger partial charge is 0.479 e. The van der Waals surface area contributed by atoms with Crippen molar-refractivity contribution in [2.75, 3.05) is 13.7 Å². The Bertz CT molecular complexity index is 1470. The Morgan fingerprint density at radius 2 is 1.71 bits per heavy atom. The molecule has 5 rings (SSSR count). The summed E-state index contributed by atoms with van der Waals surface area (Å²) in [5, 5.41) is 21.2. The van der Waals surface area contributed by atoms with Gasteiger partial charge in [0.2, 0.25) is 0 Å². The summed E-state index contributed by atoms with van der Waals surface area (Å²) in [6.07, 6.45) is -0.914. The third-order valence-corrected chi connectivity index (χ3v) is 10.6. The molecule has 226 valence electrons. The molecular weight excluding hydrogens is 658 g/mol. The maximum Gasteiger partial charge on any atom is 0.479 e. The predicted molar refractivity (Wildman–Crippen MR) is 153 cm³/mol. The van der Waals surface area contributed by atoms with Gasteiger partial charge in [0.1, 0.15) is 24.1 Å². The maximum atomic E-state index is 13.3. The summed E-state index contributed by atoms with van der Waals surface area (Å²) in [4.78, 5) is 36.2. The largest absolute Gasteiger partial charge is 0.497 e. The molecule has 1 saturated heterocycles. The average molecular weight is 687 g/mol. The number of phosphoric acid groups is 1. The van der Waals surface area contributed by atoms with E-state index in [1.807, 2.05) is 24.3 Å². The zero-order valence-corrected chi connectivity index (χ0v) is 25.5. The van der Waals surface area contributed by atoms with Gasteiger partial charge in [0.05, 0.1) is 25.9 Å². The quantitative estimate of drug-likeness (QED) is 0.268. The van der Waals surface area contributed by atoms with Crippen LogP contribution in [0.2, 0.25) is 0 Å². The van der Waals surface area contributed by atoms with Crippen LogP contribution in [0.15, 0.2) is 71.5 Å². The van der Waals surface area contributed by atoms with Gasteiger partial charge in [-0.3, -0.25) is 18.9 Å². The maximum absolute atomic E-state index is 13.3. The van der Waals surface area contributed by atoms with Crippen LogP contribution in [0.25, 0.3) is 5.57 Å². The number of hydrogen-bond donors (Lipinski definition) is 4. The molecule has 16 heteroatoms. The van der Waals surface area contributed by atoms with Crippen molar-refractivity contribution >= 4 is 43.0 Å². The first-order valence-electron chi connectivity index (χ1n) is 12.8. The predicted octanol–water partition coefficient (Wildman–Crippen LogP) is 3.79. The second-order valence-corrected chi connectivity index (χ2v) is 14.3. The third kappa shape index (κ3) is 6.89. The van der Waals surface area contributed by atoms with Gasteiger partial charge in [-0.25, -0.2) is 13.7 Å². The number of amides is 2. The van der Waals surface area contributed by atoms with Crippen molar-refractivity contribution in [2.45, 2.75) is 43.2 Å². The van der Waals surface area contributed by atoms with Crippen LogP contribution in [0.5, 0.6) is 5.75 Å². The van der Waals surface area contributed by atoms with Gasteiger partial charge in [-0.2, -0.15) is 0 Å². The van der Waals surface area contributed by atoms with Gasteiger partial charge < -0.3 is 29.5 Å². The second-order valence-electron chi connectivity index (χ2n) is 9.91. The summed E-state index contributed by atoms with van der Waals surface area (Å²) >= 11 is 3.40. The molecule has 0 aliphatic carbocycles. The molecule has 3 aliphatic rings. The number of ether oxygens (including phenoxy) is 2. The van der Waals surface area contributed by atoms with Crippen LogP contribution in [0.4, 0.5) is 4.79 Å². The van der Waals surface area contributed by atoms with Crippen LogP contribution in [-0.2, 0) is 28.9 Å². The van der Waals surface area contributed by atoms with Crippen molar-refractivity contribution in [1.82, 2.24) is 9.80 Å². The van der Waals surface area contributed by atoms with E-state index >= 15 is 0 Å². The van der Waals surface area contributed by atoms with Gasteiger partial charge in [0, 0.05) is 16.9 Å². The zero-order valence-electron chi connectivity index (χ0n) is 22.2. The highest BCUT2D eigenvalue weighted by Crippen LogP contribution is 2.61. The number of methoxy groups -OCH3 is 1. The number of phosphoric ester groups is 1. The molecule has 2 amide bonds. The molecule has 1 fully saturated rings. The van der Waals surface area contributed by atoms with E-state index in [1.165, 1.54) is 30.3 Å². The lowest BCUT2D eigenvalue weighted by molar-refractivity contribution is -0.0687. The molecule has 0 radical (unpaired) electrons. The SMILES string of the molecule is COc1ccc(CP(=O)(O)OP(=O)(O)OC[C@H]2O[C@@H](N3C=CC4CC(c5ccc(Br)cc5)=CN4C3=O)[C@H](O)[C@@H]2O)cc1. The number of aliphatic hydroxyl groups is 2. The number of aliphatic hydroxyl groups excluding tert-OH is 2. The first-order valence-corrected chi connectivity index (χ1v) is 16.8. The molecule has 4 N–H and O–H groups in total. The fourth-order valence-corrected chi connectivity index (χ4v) is 7.86. The summed E-state index contributed by atoms with van der Waals surface area (Å²) in [6, 6.07) is 13.0. The van der Waals surface area contributed by atoms with Crippen molar-refractivity contribution in [3.8, 4) is 5.75 Å². The summed E-state index contributed by atoms with van der Waals surface area (Å²) < 4.78 is 45.9. The van der Waals surface area contributed by atoms with Gasteiger partial charge in [0.15, 0.2) is 6.23 Å². The van der Waals surface area contributed by atoms with E-state index in [1.54, 1.807) is 24.4 Å². The Labute approximate surface area is 249 Å². The van der Waals surface area contributed by atoms with Crippen LogP contribution >= 0.6 is 31.3 Å². The monoisotopic (exact) mass is 686 g/mol. The van der Waals surface area contributed by atoms with Gasteiger partial charge in [-0.15, -0.1) is 0 Å². The molecule has 2 aromatic rings. The van der Waals surface area contributed by atoms with Crippen LogP contribution in [0.1, 0.15) is 17.5 Å². The summed E-state index contributed by atoms with van der Waals surface area (Å²) in [7, 11) is -8.28. The summed E-state index contributed by atoms with van der Waals surface area (Å²) in [5.74, 6) is 0.517. The minimum Gasteiger partial charge on any atom is -0.497 e. The lowest BCUT2D eigenvalue weighted by atomic mass is 10.0. The van der Waals surface area contributed by atoms with Crippen molar-refractivity contribution < 1.29 is 52.2 Å². The van der Waals surface area contributed by atoms with E-state index < -0.39 is 58.8 Å². The van der Waals surface area contributed by atoms with Gasteiger partial charge in [-0.1, -0.05) is 40.2 Å². The van der Waals surface area contributed by atoms with Crippen LogP contribution in [0, 0.1) is 0 Å². The van der Waals surface area contributed by atoms with E-state index in [4.69, 9.17) is 14.0 Å². The molecule has 7 atom stereocenters. The molecular formula is C26H29BrN2O11P2. The minimum atomic E-state index is -5.11. The van der Waals surface area contributed by atoms with E-state index in [9.17, 15) is 33.9 Å². The molecule has 0 saturated carbocycles. The lowest BCUT2D eigenvalue weighted by Gasteiger charge is -2.36. The number of carbonyl (C=O) groups excluding carboxylic acids is 1. The van der Waals surface area contributed by atoms with Crippen LogP contribution < -0.4 is 4.74 Å². The van der Waals surface area contributed by atoms with Crippen molar-refractivity contribution in [3.63, 3.8) is 0 Å². The number of hydrogen-bond acceptors (Lipinski definition) is 9. The lowest BCUT2D eigenvalue weighted by Crippen LogP contribution is -2.52.